The molecule has 0 aliphatic heterocycles. The fourth-order valence-electron chi connectivity index (χ4n) is 1.48. The van der Waals surface area contributed by atoms with Crippen molar-refractivity contribution in [3.8, 4) is 6.07 Å². The Morgan fingerprint density at radius 2 is 1.96 bits per heavy atom. The lowest BCUT2D eigenvalue weighted by atomic mass is 10.3. The first-order valence-electron chi connectivity index (χ1n) is 6.61. The Balaban J connectivity index is 0.000000640. The highest BCUT2D eigenvalue weighted by molar-refractivity contribution is 5.73. The molecular formula is C12H18F3N5O4. The molecule has 1 N–H and O–H groups in total. The summed E-state index contributed by atoms with van der Waals surface area (Å²) in [5.41, 5.74) is 0.319. The second kappa shape index (κ2) is 9.68. The van der Waals surface area contributed by atoms with E-state index in [9.17, 15) is 18.4 Å². The van der Waals surface area contributed by atoms with E-state index >= 15 is 0 Å². The minimum Gasteiger partial charge on any atom is -0.475 e. The topological polar surface area (TPSA) is 121 Å². The molecule has 1 heterocycles. The van der Waals surface area contributed by atoms with Gasteiger partial charge in [-0.1, -0.05) is 0 Å². The number of aromatic nitrogens is 2. The predicted octanol–water partition coefficient (Wildman–Crippen LogP) is 0.196. The molecule has 0 saturated heterocycles. The number of halogens is 3. The van der Waals surface area contributed by atoms with Crippen molar-refractivity contribution in [3.63, 3.8) is 0 Å². The molecule has 1 aromatic rings. The van der Waals surface area contributed by atoms with E-state index in [1.807, 2.05) is 26.0 Å². The van der Waals surface area contributed by atoms with Gasteiger partial charge in [0.2, 0.25) is 0 Å². The van der Waals surface area contributed by atoms with E-state index in [0.717, 1.165) is 19.5 Å². The molecule has 0 bridgehead atoms. The van der Waals surface area contributed by atoms with Crippen molar-refractivity contribution in [1.29, 1.82) is 5.26 Å². The molecule has 0 aromatic carbocycles. The van der Waals surface area contributed by atoms with Gasteiger partial charge in [0, 0.05) is 5.16 Å². The minimum atomic E-state index is -5.08. The third-order valence-electron chi connectivity index (χ3n) is 2.59. The number of nitriles is 1. The number of hydrogen-bond donors (Lipinski definition) is 1. The lowest BCUT2D eigenvalue weighted by Crippen LogP contribution is -2.28. The van der Waals surface area contributed by atoms with Gasteiger partial charge in [-0.15, -0.1) is 0 Å². The van der Waals surface area contributed by atoms with Gasteiger partial charge in [-0.2, -0.15) is 18.4 Å². The highest BCUT2D eigenvalue weighted by atomic mass is 19.4. The van der Waals surface area contributed by atoms with Crippen LogP contribution in [0.1, 0.15) is 17.8 Å². The summed E-state index contributed by atoms with van der Waals surface area (Å²) in [6, 6.07) is 1.78. The maximum absolute atomic E-state index is 11.0. The zero-order valence-electron chi connectivity index (χ0n) is 13.4. The quantitative estimate of drug-likeness (QED) is 0.720. The summed E-state index contributed by atoms with van der Waals surface area (Å²) in [7, 11) is 5.96. The van der Waals surface area contributed by atoms with E-state index in [0.29, 0.717) is 12.2 Å². The smallest absolute Gasteiger partial charge is 0.475 e. The Kier molecular flexibility index (Phi) is 8.72. The second-order valence-electron chi connectivity index (χ2n) is 5.03. The van der Waals surface area contributed by atoms with Gasteiger partial charge in [0.1, 0.15) is 0 Å². The average Bonchev–Trinajstić information content (AvgIpc) is 2.78. The second-order valence-corrected chi connectivity index (χ2v) is 5.03. The maximum atomic E-state index is 11.0. The lowest BCUT2D eigenvalue weighted by molar-refractivity contribution is -0.804. The summed E-state index contributed by atoms with van der Waals surface area (Å²) in [4.78, 5) is 13.1. The van der Waals surface area contributed by atoms with Crippen molar-refractivity contribution < 1.29 is 32.6 Å². The minimum absolute atomic E-state index is 0.0653. The Labute approximate surface area is 136 Å². The van der Waals surface area contributed by atoms with Gasteiger partial charge in [0.25, 0.3) is 11.4 Å². The van der Waals surface area contributed by atoms with Crippen LogP contribution in [-0.4, -0.2) is 66.4 Å². The van der Waals surface area contributed by atoms with E-state index in [4.69, 9.17) is 15.2 Å². The number of rotatable bonds is 6. The molecule has 136 valence electrons. The average molecular weight is 353 g/mol. The molecule has 0 spiro atoms. The predicted molar refractivity (Wildman–Crippen MR) is 73.4 cm³/mol. The first-order chi connectivity index (χ1) is 11.0. The van der Waals surface area contributed by atoms with E-state index in [1.54, 1.807) is 6.07 Å². The Bertz CT molecular complexity index is 568. The summed E-state index contributed by atoms with van der Waals surface area (Å²) in [5.74, 6) is -2.76. The molecule has 12 heteroatoms. The Hall–Kier alpha value is -2.39. The van der Waals surface area contributed by atoms with Crippen molar-refractivity contribution in [2.24, 2.45) is 0 Å². The summed E-state index contributed by atoms with van der Waals surface area (Å²) in [5, 5.41) is 30.4. The molecule has 9 nitrogen and oxygen atoms in total. The summed E-state index contributed by atoms with van der Waals surface area (Å²) >= 11 is 0. The zero-order chi connectivity index (χ0) is 18.9. The van der Waals surface area contributed by atoms with Crippen LogP contribution in [0.2, 0.25) is 0 Å². The maximum Gasteiger partial charge on any atom is 0.490 e. The van der Waals surface area contributed by atoms with Crippen molar-refractivity contribution in [1.82, 2.24) is 15.0 Å². The van der Waals surface area contributed by atoms with E-state index in [1.165, 1.54) is 0 Å². The molecule has 0 fully saturated rings. The van der Waals surface area contributed by atoms with Crippen LogP contribution in [-0.2, 0) is 11.3 Å². The molecule has 0 aliphatic carbocycles. The molecule has 0 atom stereocenters. The number of carbonyl (C=O) groups is 1. The molecule has 0 unspecified atom stereocenters. The number of aliphatic carboxylic acids is 1. The van der Waals surface area contributed by atoms with Crippen molar-refractivity contribution in [3.05, 3.63) is 16.6 Å². The van der Waals surface area contributed by atoms with E-state index in [2.05, 4.69) is 14.7 Å². The number of alkyl halides is 3. The van der Waals surface area contributed by atoms with Gasteiger partial charge in [0.15, 0.2) is 6.07 Å². The summed E-state index contributed by atoms with van der Waals surface area (Å²) in [6.07, 6.45) is -4.07. The molecule has 0 aliphatic rings. The largest absolute Gasteiger partial charge is 0.490 e. The Morgan fingerprint density at radius 1 is 1.42 bits per heavy atom. The van der Waals surface area contributed by atoms with Crippen LogP contribution in [0.3, 0.4) is 0 Å². The van der Waals surface area contributed by atoms with Crippen LogP contribution in [0.4, 0.5) is 13.2 Å². The van der Waals surface area contributed by atoms with Gasteiger partial charge >= 0.3 is 12.1 Å². The van der Waals surface area contributed by atoms with Crippen LogP contribution in [0.5, 0.6) is 0 Å². The van der Waals surface area contributed by atoms with E-state index in [-0.39, 0.29) is 10.6 Å². The number of carboxylic acid groups (broad SMARTS) is 1. The fraction of sp³-hybridized carbons (Fsp3) is 0.667. The SMILES string of the molecule is CN(C)CCCN(C)Cc1no[n+]([O-])c1C#N.O=C(O)C(F)(F)F. The summed E-state index contributed by atoms with van der Waals surface area (Å²) < 4.78 is 36.1. The third kappa shape index (κ3) is 8.30. The highest BCUT2D eigenvalue weighted by Gasteiger charge is 2.38. The third-order valence-corrected chi connectivity index (χ3v) is 2.59. The molecule has 0 saturated carbocycles. The van der Waals surface area contributed by atoms with E-state index < -0.39 is 12.1 Å². The van der Waals surface area contributed by atoms with Gasteiger partial charge in [-0.25, -0.2) is 4.79 Å². The molecule has 1 aromatic heterocycles. The van der Waals surface area contributed by atoms with Crippen molar-refractivity contribution >= 4 is 5.97 Å². The van der Waals surface area contributed by atoms with Crippen molar-refractivity contribution in [2.45, 2.75) is 19.1 Å². The van der Waals surface area contributed by atoms with Crippen LogP contribution >= 0.6 is 0 Å². The van der Waals surface area contributed by atoms with Crippen LogP contribution in [0.15, 0.2) is 4.63 Å². The summed E-state index contributed by atoms with van der Waals surface area (Å²) in [6.45, 7) is 2.31. The number of hydrogen-bond acceptors (Lipinski definition) is 7. The normalized spacial score (nSPS) is 11.1. The monoisotopic (exact) mass is 353 g/mol. The standard InChI is InChI=1S/C10H17N5O2.C2HF3O2/c1-13(2)5-4-6-14(3)8-9-10(7-11)15(16)17-12-9;3-2(4,5)1(6)7/h4-6,8H2,1-3H3;(H,6,7). The van der Waals surface area contributed by atoms with Crippen LogP contribution in [0.25, 0.3) is 0 Å². The van der Waals surface area contributed by atoms with Crippen LogP contribution in [0, 0.1) is 16.5 Å². The van der Waals surface area contributed by atoms with Gasteiger partial charge < -0.3 is 15.2 Å². The van der Waals surface area contributed by atoms with Crippen LogP contribution < -0.4 is 4.90 Å². The first kappa shape index (κ1) is 21.6. The number of nitrogens with zero attached hydrogens (tertiary/aromatic N) is 5. The Morgan fingerprint density at radius 3 is 2.38 bits per heavy atom. The fourth-order valence-corrected chi connectivity index (χ4v) is 1.48. The van der Waals surface area contributed by atoms with Crippen molar-refractivity contribution in [2.75, 3.05) is 34.2 Å². The number of carboxylic acids is 1. The van der Waals surface area contributed by atoms with Gasteiger partial charge in [-0.05, 0) is 45.6 Å². The molecule has 0 amide bonds. The molecule has 1 rings (SSSR count). The van der Waals surface area contributed by atoms with Gasteiger partial charge in [-0.3, -0.25) is 9.53 Å². The zero-order valence-corrected chi connectivity index (χ0v) is 13.4. The molecule has 24 heavy (non-hydrogen) atoms. The highest BCUT2D eigenvalue weighted by Crippen LogP contribution is 2.13. The first-order valence-corrected chi connectivity index (χ1v) is 6.61. The molecule has 0 radical (unpaired) electrons. The lowest BCUT2D eigenvalue weighted by Gasteiger charge is -2.15. The molecular weight excluding hydrogens is 335 g/mol. The van der Waals surface area contributed by atoms with Gasteiger partial charge in [0.05, 0.1) is 6.54 Å².